The van der Waals surface area contributed by atoms with Crippen LogP contribution in [0.2, 0.25) is 0 Å². The van der Waals surface area contributed by atoms with Gasteiger partial charge in [0.1, 0.15) is 5.75 Å². The van der Waals surface area contributed by atoms with Gasteiger partial charge in [0, 0.05) is 17.7 Å². The molecule has 5 heteroatoms. The molecular weight excluding hydrogens is 252 g/mol. The van der Waals surface area contributed by atoms with Gasteiger partial charge in [0.25, 0.3) is 0 Å². The lowest BCUT2D eigenvalue weighted by molar-refractivity contribution is 0.0261. The molecule has 2 unspecified atom stereocenters. The van der Waals surface area contributed by atoms with Crippen LogP contribution in [-0.2, 0) is 9.84 Å². The number of benzene rings is 1. The zero-order valence-electron chi connectivity index (χ0n) is 10.8. The van der Waals surface area contributed by atoms with Crippen molar-refractivity contribution < 1.29 is 18.3 Å². The average Bonchev–Trinajstić information content (AvgIpc) is 2.27. The average molecular weight is 270 g/mol. The Morgan fingerprint density at radius 1 is 1.39 bits per heavy atom. The summed E-state index contributed by atoms with van der Waals surface area (Å²) in [5.41, 5.74) is 0.673. The second-order valence-corrected chi connectivity index (χ2v) is 7.15. The van der Waals surface area contributed by atoms with Gasteiger partial charge in [0.15, 0.2) is 9.84 Å². The Bertz CT molecular complexity index is 548. The molecule has 2 rings (SSSR count). The van der Waals surface area contributed by atoms with Crippen LogP contribution in [0.4, 0.5) is 0 Å². The van der Waals surface area contributed by atoms with Crippen molar-refractivity contribution in [1.82, 2.24) is 0 Å². The van der Waals surface area contributed by atoms with E-state index in [0.29, 0.717) is 23.8 Å². The molecule has 0 aromatic heterocycles. The van der Waals surface area contributed by atoms with Crippen molar-refractivity contribution in [3.8, 4) is 5.75 Å². The minimum Gasteiger partial charge on any atom is -0.493 e. The lowest BCUT2D eigenvalue weighted by Crippen LogP contribution is -2.29. The molecule has 1 N–H and O–H groups in total. The second kappa shape index (κ2) is 4.55. The summed E-state index contributed by atoms with van der Waals surface area (Å²) >= 11 is 0. The third kappa shape index (κ3) is 2.37. The molecule has 0 bridgehead atoms. The van der Waals surface area contributed by atoms with Crippen molar-refractivity contribution in [2.45, 2.75) is 24.8 Å². The quantitative estimate of drug-likeness (QED) is 0.890. The summed E-state index contributed by atoms with van der Waals surface area (Å²) < 4.78 is 28.5. The van der Waals surface area contributed by atoms with Crippen LogP contribution in [-0.4, -0.2) is 26.4 Å². The van der Waals surface area contributed by atoms with Gasteiger partial charge in [-0.1, -0.05) is 19.9 Å². The Kier molecular flexibility index (Phi) is 3.38. The molecule has 0 saturated heterocycles. The molecule has 1 heterocycles. The normalized spacial score (nSPS) is 23.6. The van der Waals surface area contributed by atoms with Crippen molar-refractivity contribution in [3.05, 3.63) is 23.8 Å². The van der Waals surface area contributed by atoms with Crippen molar-refractivity contribution in [3.63, 3.8) is 0 Å². The Morgan fingerprint density at radius 2 is 2.06 bits per heavy atom. The summed E-state index contributed by atoms with van der Waals surface area (Å²) in [6.45, 7) is 4.49. The van der Waals surface area contributed by atoms with E-state index in [9.17, 15) is 13.5 Å². The van der Waals surface area contributed by atoms with E-state index in [1.807, 2.05) is 13.8 Å². The Hall–Kier alpha value is -1.07. The van der Waals surface area contributed by atoms with E-state index < -0.39 is 15.9 Å². The molecule has 4 nitrogen and oxygen atoms in total. The molecule has 1 aliphatic heterocycles. The first-order chi connectivity index (χ1) is 8.30. The lowest BCUT2D eigenvalue weighted by atomic mass is 9.85. The van der Waals surface area contributed by atoms with Gasteiger partial charge in [-0.3, -0.25) is 0 Å². The van der Waals surface area contributed by atoms with Gasteiger partial charge in [0.05, 0.1) is 17.6 Å². The van der Waals surface area contributed by atoms with Gasteiger partial charge < -0.3 is 9.84 Å². The SMILES string of the molecule is CC(C)C1COc2cc(S(C)(=O)=O)ccc2C1O. The predicted octanol–water partition coefficient (Wildman–Crippen LogP) is 1.79. The van der Waals surface area contributed by atoms with Crippen LogP contribution >= 0.6 is 0 Å². The number of fused-ring (bicyclic) bond motifs is 1. The van der Waals surface area contributed by atoms with Crippen molar-refractivity contribution in [2.75, 3.05) is 12.9 Å². The summed E-state index contributed by atoms with van der Waals surface area (Å²) in [6.07, 6.45) is 0.563. The van der Waals surface area contributed by atoms with Gasteiger partial charge in [-0.15, -0.1) is 0 Å². The number of aliphatic hydroxyl groups is 1. The molecule has 1 aliphatic rings. The number of rotatable bonds is 2. The van der Waals surface area contributed by atoms with Crippen LogP contribution < -0.4 is 4.74 Å². The van der Waals surface area contributed by atoms with E-state index >= 15 is 0 Å². The summed E-state index contributed by atoms with van der Waals surface area (Å²) in [7, 11) is -3.25. The van der Waals surface area contributed by atoms with Gasteiger partial charge in [0.2, 0.25) is 0 Å². The molecular formula is C13H18O4S. The highest BCUT2D eigenvalue weighted by molar-refractivity contribution is 7.90. The maximum absolute atomic E-state index is 11.5. The Morgan fingerprint density at radius 3 is 2.61 bits per heavy atom. The van der Waals surface area contributed by atoms with Crippen LogP contribution in [0.3, 0.4) is 0 Å². The molecule has 100 valence electrons. The fourth-order valence-corrected chi connectivity index (χ4v) is 2.82. The fraction of sp³-hybridized carbons (Fsp3) is 0.538. The van der Waals surface area contributed by atoms with E-state index in [4.69, 9.17) is 4.74 Å². The summed E-state index contributed by atoms with van der Waals surface area (Å²) in [4.78, 5) is 0.219. The van der Waals surface area contributed by atoms with E-state index in [0.717, 1.165) is 6.26 Å². The monoisotopic (exact) mass is 270 g/mol. The van der Waals surface area contributed by atoms with Crippen LogP contribution in [0.1, 0.15) is 25.5 Å². The Balaban J connectivity index is 2.41. The molecule has 0 spiro atoms. The second-order valence-electron chi connectivity index (χ2n) is 5.14. The van der Waals surface area contributed by atoms with Crippen LogP contribution in [0.5, 0.6) is 5.75 Å². The molecule has 0 radical (unpaired) electrons. The smallest absolute Gasteiger partial charge is 0.175 e. The van der Waals surface area contributed by atoms with E-state index in [2.05, 4.69) is 0 Å². The first-order valence-electron chi connectivity index (χ1n) is 5.95. The minimum absolute atomic E-state index is 0.0431. The van der Waals surface area contributed by atoms with Gasteiger partial charge in [-0.2, -0.15) is 0 Å². The molecule has 1 aromatic rings. The molecule has 1 aromatic carbocycles. The lowest BCUT2D eigenvalue weighted by Gasteiger charge is -2.32. The van der Waals surface area contributed by atoms with Gasteiger partial charge >= 0.3 is 0 Å². The standard InChI is InChI=1S/C13H18O4S/c1-8(2)11-7-17-12-6-9(18(3,15)16)4-5-10(12)13(11)14/h4-6,8,11,13-14H,7H2,1-3H3. The predicted molar refractivity (Wildman–Crippen MR) is 68.3 cm³/mol. The van der Waals surface area contributed by atoms with Crippen LogP contribution in [0, 0.1) is 11.8 Å². The molecule has 0 amide bonds. The molecule has 0 fully saturated rings. The van der Waals surface area contributed by atoms with Crippen molar-refractivity contribution >= 4 is 9.84 Å². The maximum Gasteiger partial charge on any atom is 0.175 e. The largest absolute Gasteiger partial charge is 0.493 e. The third-order valence-corrected chi connectivity index (χ3v) is 4.54. The summed E-state index contributed by atoms with van der Waals surface area (Å²) in [5.74, 6) is 0.826. The molecule has 2 atom stereocenters. The number of sulfone groups is 1. The van der Waals surface area contributed by atoms with E-state index in [1.54, 1.807) is 6.07 Å². The zero-order valence-corrected chi connectivity index (χ0v) is 11.6. The van der Waals surface area contributed by atoms with Crippen LogP contribution in [0.25, 0.3) is 0 Å². The first-order valence-corrected chi connectivity index (χ1v) is 7.84. The van der Waals surface area contributed by atoms with Gasteiger partial charge in [-0.25, -0.2) is 8.42 Å². The zero-order chi connectivity index (χ0) is 13.5. The number of ether oxygens (including phenoxy) is 1. The van der Waals surface area contributed by atoms with Gasteiger partial charge in [-0.05, 0) is 18.1 Å². The first kappa shape index (κ1) is 13.4. The van der Waals surface area contributed by atoms with E-state index in [-0.39, 0.29) is 10.8 Å². The summed E-state index contributed by atoms with van der Waals surface area (Å²) in [5, 5.41) is 10.3. The number of hydrogen-bond donors (Lipinski definition) is 1. The number of aliphatic hydroxyl groups excluding tert-OH is 1. The molecule has 0 aliphatic carbocycles. The highest BCUT2D eigenvalue weighted by Gasteiger charge is 2.32. The summed E-state index contributed by atoms with van der Waals surface area (Å²) in [6, 6.07) is 4.65. The highest BCUT2D eigenvalue weighted by atomic mass is 32.2. The fourth-order valence-electron chi connectivity index (χ4n) is 2.18. The molecule has 0 saturated carbocycles. The number of hydrogen-bond acceptors (Lipinski definition) is 4. The highest BCUT2D eigenvalue weighted by Crippen LogP contribution is 2.39. The maximum atomic E-state index is 11.5. The third-order valence-electron chi connectivity index (χ3n) is 3.42. The van der Waals surface area contributed by atoms with E-state index in [1.165, 1.54) is 12.1 Å². The van der Waals surface area contributed by atoms with Crippen LogP contribution in [0.15, 0.2) is 23.1 Å². The Labute approximate surface area is 108 Å². The van der Waals surface area contributed by atoms with Crippen molar-refractivity contribution in [2.24, 2.45) is 11.8 Å². The molecule has 18 heavy (non-hydrogen) atoms. The minimum atomic E-state index is -3.25. The van der Waals surface area contributed by atoms with Crippen molar-refractivity contribution in [1.29, 1.82) is 0 Å². The topological polar surface area (TPSA) is 63.6 Å².